The van der Waals surface area contributed by atoms with Gasteiger partial charge >= 0.3 is 11.9 Å². The smallest absolute Gasteiger partial charge is 0.355 e. The van der Waals surface area contributed by atoms with Gasteiger partial charge in [0.2, 0.25) is 0 Å². The molecule has 0 spiro atoms. The second-order valence-corrected chi connectivity index (χ2v) is 7.56. The molecule has 11 nitrogen and oxygen atoms in total. The van der Waals surface area contributed by atoms with E-state index in [0.717, 1.165) is 0 Å². The molecule has 0 aliphatic carbocycles. The standard InChI is InChI=1S/C25H22N6O5/c1-34-19-10-9-16(30-13-28-29-14-30)11-18(19)31-22(25(33)36-3)21(24(32)35-2)20(17(12-26)23(31)27)15-7-5-4-6-8-15/h4-11,13-14,20H,27H2,1-3H3. The Bertz CT molecular complexity index is 1410. The number of rotatable bonds is 6. The van der Waals surface area contributed by atoms with Gasteiger partial charge in [0, 0.05) is 0 Å². The van der Waals surface area contributed by atoms with Crippen LogP contribution in [0.25, 0.3) is 5.69 Å². The number of anilines is 1. The average Bonchev–Trinajstić information content (AvgIpc) is 3.46. The van der Waals surface area contributed by atoms with Gasteiger partial charge in [-0.2, -0.15) is 5.26 Å². The first-order valence-corrected chi connectivity index (χ1v) is 10.6. The molecule has 1 unspecified atom stereocenters. The number of hydrogen-bond acceptors (Lipinski definition) is 10. The molecule has 36 heavy (non-hydrogen) atoms. The normalized spacial score (nSPS) is 15.4. The highest BCUT2D eigenvalue weighted by atomic mass is 16.5. The predicted molar refractivity (Wildman–Crippen MR) is 127 cm³/mol. The van der Waals surface area contributed by atoms with E-state index in [-0.39, 0.29) is 28.4 Å². The highest BCUT2D eigenvalue weighted by molar-refractivity contribution is 6.06. The van der Waals surface area contributed by atoms with Crippen molar-refractivity contribution >= 4 is 17.6 Å². The zero-order valence-corrected chi connectivity index (χ0v) is 19.7. The minimum atomic E-state index is -0.971. The number of benzene rings is 2. The van der Waals surface area contributed by atoms with Gasteiger partial charge in [-0.3, -0.25) is 9.47 Å². The van der Waals surface area contributed by atoms with Gasteiger partial charge in [-0.05, 0) is 23.8 Å². The molecule has 2 N–H and O–H groups in total. The van der Waals surface area contributed by atoms with Crippen LogP contribution < -0.4 is 15.4 Å². The van der Waals surface area contributed by atoms with Crippen LogP contribution in [-0.4, -0.2) is 48.0 Å². The van der Waals surface area contributed by atoms with Crippen molar-refractivity contribution in [3.63, 3.8) is 0 Å². The monoisotopic (exact) mass is 486 g/mol. The molecule has 1 atom stereocenters. The first kappa shape index (κ1) is 24.0. The minimum absolute atomic E-state index is 0.0472. The van der Waals surface area contributed by atoms with E-state index in [1.165, 1.54) is 38.9 Å². The van der Waals surface area contributed by atoms with E-state index >= 15 is 0 Å². The van der Waals surface area contributed by atoms with E-state index in [1.807, 2.05) is 0 Å². The Morgan fingerprint density at radius 1 is 1.00 bits per heavy atom. The number of carbonyl (C=O) groups is 2. The largest absolute Gasteiger partial charge is 0.495 e. The summed E-state index contributed by atoms with van der Waals surface area (Å²) in [6.07, 6.45) is 2.98. The minimum Gasteiger partial charge on any atom is -0.495 e. The number of nitrogens with two attached hydrogens (primary N) is 1. The van der Waals surface area contributed by atoms with Gasteiger partial charge in [-0.25, -0.2) is 9.59 Å². The number of hydrogen-bond donors (Lipinski definition) is 1. The molecule has 0 radical (unpaired) electrons. The fourth-order valence-electron chi connectivity index (χ4n) is 4.11. The summed E-state index contributed by atoms with van der Waals surface area (Å²) in [6.45, 7) is 0. The number of carbonyl (C=O) groups excluding carboxylic acids is 2. The molecule has 11 heteroatoms. The van der Waals surface area contributed by atoms with Crippen molar-refractivity contribution in [1.82, 2.24) is 14.8 Å². The fourth-order valence-corrected chi connectivity index (χ4v) is 4.11. The van der Waals surface area contributed by atoms with Crippen molar-refractivity contribution < 1.29 is 23.8 Å². The molecule has 1 aliphatic rings. The number of allylic oxidation sites excluding steroid dienone is 1. The first-order chi connectivity index (χ1) is 17.5. The molecule has 0 bridgehead atoms. The Balaban J connectivity index is 2.08. The van der Waals surface area contributed by atoms with E-state index in [0.29, 0.717) is 17.0 Å². The van der Waals surface area contributed by atoms with Gasteiger partial charge in [0.05, 0.1) is 55.8 Å². The lowest BCUT2D eigenvalue weighted by atomic mass is 9.81. The van der Waals surface area contributed by atoms with Crippen LogP contribution in [0.5, 0.6) is 5.75 Å². The topological polar surface area (TPSA) is 146 Å². The van der Waals surface area contributed by atoms with Crippen LogP contribution in [0.4, 0.5) is 5.69 Å². The number of nitrogens with zero attached hydrogens (tertiary/aromatic N) is 5. The summed E-state index contributed by atoms with van der Waals surface area (Å²) in [5.41, 5.74) is 7.78. The third kappa shape index (κ3) is 4.01. The third-order valence-electron chi connectivity index (χ3n) is 5.73. The molecular formula is C25H22N6O5. The molecule has 0 saturated carbocycles. The Morgan fingerprint density at radius 2 is 1.67 bits per heavy atom. The van der Waals surface area contributed by atoms with Crippen molar-refractivity contribution in [2.45, 2.75) is 5.92 Å². The van der Waals surface area contributed by atoms with Gasteiger partial charge in [-0.15, -0.1) is 10.2 Å². The number of methoxy groups -OCH3 is 3. The molecular weight excluding hydrogens is 464 g/mol. The molecule has 0 amide bonds. The SMILES string of the molecule is COC(=O)C1=C(C(=O)OC)N(c2cc(-n3cnnc3)ccc2OC)C(N)=C(C#N)C1c1ccccc1. The van der Waals surface area contributed by atoms with Crippen molar-refractivity contribution in [2.24, 2.45) is 5.73 Å². The van der Waals surface area contributed by atoms with Crippen LogP contribution in [0, 0.1) is 11.3 Å². The maximum atomic E-state index is 13.3. The number of ether oxygens (including phenoxy) is 3. The molecule has 0 fully saturated rings. The molecule has 1 aliphatic heterocycles. The van der Waals surface area contributed by atoms with Crippen molar-refractivity contribution in [1.29, 1.82) is 5.26 Å². The molecule has 2 heterocycles. The van der Waals surface area contributed by atoms with E-state index in [4.69, 9.17) is 19.9 Å². The fraction of sp³-hybridized carbons (Fsp3) is 0.160. The van der Waals surface area contributed by atoms with E-state index < -0.39 is 17.9 Å². The van der Waals surface area contributed by atoms with Crippen molar-refractivity contribution in [2.75, 3.05) is 26.2 Å². The van der Waals surface area contributed by atoms with Crippen LogP contribution in [0.15, 0.2) is 83.8 Å². The van der Waals surface area contributed by atoms with Crippen LogP contribution >= 0.6 is 0 Å². The average molecular weight is 486 g/mol. The second-order valence-electron chi connectivity index (χ2n) is 7.56. The molecule has 1 aromatic heterocycles. The number of esters is 2. The van der Waals surface area contributed by atoms with Crippen LogP contribution in [0.1, 0.15) is 11.5 Å². The summed E-state index contributed by atoms with van der Waals surface area (Å²) in [6, 6.07) is 15.9. The summed E-state index contributed by atoms with van der Waals surface area (Å²) in [7, 11) is 3.82. The lowest BCUT2D eigenvalue weighted by Gasteiger charge is -2.36. The summed E-state index contributed by atoms with van der Waals surface area (Å²) in [5.74, 6) is -2.40. The molecule has 4 rings (SSSR count). The molecule has 182 valence electrons. The van der Waals surface area contributed by atoms with E-state index in [2.05, 4.69) is 16.3 Å². The number of aromatic nitrogens is 3. The Labute approximate surface area is 206 Å². The Morgan fingerprint density at radius 3 is 2.25 bits per heavy atom. The zero-order chi connectivity index (χ0) is 25.8. The predicted octanol–water partition coefficient (Wildman–Crippen LogP) is 2.17. The summed E-state index contributed by atoms with van der Waals surface area (Å²) >= 11 is 0. The third-order valence-corrected chi connectivity index (χ3v) is 5.73. The van der Waals surface area contributed by atoms with Gasteiger partial charge in [0.1, 0.15) is 29.9 Å². The highest BCUT2D eigenvalue weighted by Crippen LogP contribution is 2.45. The van der Waals surface area contributed by atoms with Crippen LogP contribution in [0.3, 0.4) is 0 Å². The van der Waals surface area contributed by atoms with Crippen LogP contribution in [0.2, 0.25) is 0 Å². The van der Waals surface area contributed by atoms with Gasteiger partial charge in [0.25, 0.3) is 0 Å². The first-order valence-electron chi connectivity index (χ1n) is 10.6. The molecule has 0 saturated heterocycles. The lowest BCUT2D eigenvalue weighted by molar-refractivity contribution is -0.139. The lowest BCUT2D eigenvalue weighted by Crippen LogP contribution is -2.41. The summed E-state index contributed by atoms with van der Waals surface area (Å²) < 4.78 is 17.3. The second kappa shape index (κ2) is 10.0. The van der Waals surface area contributed by atoms with E-state index in [1.54, 1.807) is 53.1 Å². The maximum absolute atomic E-state index is 13.3. The maximum Gasteiger partial charge on any atom is 0.355 e. The molecule has 3 aromatic rings. The number of nitriles is 1. The van der Waals surface area contributed by atoms with Gasteiger partial charge in [-0.1, -0.05) is 30.3 Å². The summed E-state index contributed by atoms with van der Waals surface area (Å²) in [4.78, 5) is 27.7. The van der Waals surface area contributed by atoms with E-state index in [9.17, 15) is 14.9 Å². The Hall–Kier alpha value is -5.11. The van der Waals surface area contributed by atoms with Crippen molar-refractivity contribution in [3.8, 4) is 17.5 Å². The van der Waals surface area contributed by atoms with Crippen molar-refractivity contribution in [3.05, 3.63) is 89.4 Å². The zero-order valence-electron chi connectivity index (χ0n) is 19.7. The summed E-state index contributed by atoms with van der Waals surface area (Å²) in [5, 5.41) is 17.8. The van der Waals surface area contributed by atoms with Crippen LogP contribution in [-0.2, 0) is 19.1 Å². The van der Waals surface area contributed by atoms with Gasteiger partial charge < -0.3 is 19.9 Å². The quantitative estimate of drug-likeness (QED) is 0.514. The molecule has 2 aromatic carbocycles. The van der Waals surface area contributed by atoms with Gasteiger partial charge in [0.15, 0.2) is 0 Å². The highest BCUT2D eigenvalue weighted by Gasteiger charge is 2.43. The Kier molecular flexibility index (Phi) is 6.69.